The smallest absolute Gasteiger partial charge is 0.217 e. The van der Waals surface area contributed by atoms with Crippen LogP contribution >= 0.6 is 0 Å². The molecular weight excluding hydrogens is 290 g/mol. The fourth-order valence-corrected chi connectivity index (χ4v) is 3.05. The second-order valence-electron chi connectivity index (χ2n) is 5.96. The van der Waals surface area contributed by atoms with Crippen molar-refractivity contribution in [2.75, 3.05) is 7.11 Å². The normalized spacial score (nSPS) is 34.4. The molecule has 7 heteroatoms. The summed E-state index contributed by atoms with van der Waals surface area (Å²) in [5.74, 6) is -0.303. The summed E-state index contributed by atoms with van der Waals surface area (Å²) in [6.07, 6.45) is -0.173. The van der Waals surface area contributed by atoms with Crippen LogP contribution in [0.2, 0.25) is 0 Å². The van der Waals surface area contributed by atoms with Crippen molar-refractivity contribution < 1.29 is 28.2 Å². The number of carbonyl (C=O) groups is 1. The van der Waals surface area contributed by atoms with E-state index in [0.29, 0.717) is 5.76 Å². The molecule has 0 unspecified atom stereocenters. The molecule has 122 valence electrons. The maximum absolute atomic E-state index is 11.6. The number of furan rings is 1. The zero-order valence-electron chi connectivity index (χ0n) is 13.1. The van der Waals surface area contributed by atoms with Gasteiger partial charge in [-0.3, -0.25) is 4.79 Å². The number of nitrogens with one attached hydrogen (secondary N) is 1. The van der Waals surface area contributed by atoms with Gasteiger partial charge in [0.1, 0.15) is 30.1 Å². The number of ether oxygens (including phenoxy) is 4. The molecule has 0 saturated carbocycles. The fraction of sp³-hybridized carbons (Fsp3) is 0.667. The van der Waals surface area contributed by atoms with E-state index in [1.807, 2.05) is 13.8 Å². The van der Waals surface area contributed by atoms with Gasteiger partial charge in [-0.15, -0.1) is 0 Å². The summed E-state index contributed by atoms with van der Waals surface area (Å²) >= 11 is 0. The van der Waals surface area contributed by atoms with Gasteiger partial charge in [-0.1, -0.05) is 0 Å². The monoisotopic (exact) mass is 311 g/mol. The lowest BCUT2D eigenvalue weighted by Gasteiger charge is -2.28. The van der Waals surface area contributed by atoms with E-state index in [-0.39, 0.29) is 18.1 Å². The van der Waals surface area contributed by atoms with Gasteiger partial charge in [-0.2, -0.15) is 0 Å². The maximum atomic E-state index is 11.6. The van der Waals surface area contributed by atoms with Gasteiger partial charge in [0.25, 0.3) is 0 Å². The number of methoxy groups -OCH3 is 1. The number of hydrogen-bond acceptors (Lipinski definition) is 6. The molecule has 5 atom stereocenters. The predicted octanol–water partition coefficient (Wildman–Crippen LogP) is 1.35. The third-order valence-electron chi connectivity index (χ3n) is 3.82. The molecule has 0 radical (unpaired) electrons. The Morgan fingerprint density at radius 3 is 2.68 bits per heavy atom. The van der Waals surface area contributed by atoms with E-state index in [1.165, 1.54) is 6.92 Å². The van der Waals surface area contributed by atoms with Gasteiger partial charge in [0.05, 0.1) is 6.26 Å². The van der Waals surface area contributed by atoms with Gasteiger partial charge in [-0.05, 0) is 26.0 Å². The molecule has 2 aliphatic heterocycles. The number of amides is 1. The average molecular weight is 311 g/mol. The number of rotatable bonds is 4. The van der Waals surface area contributed by atoms with Crippen LogP contribution in [0.3, 0.4) is 0 Å². The zero-order valence-corrected chi connectivity index (χ0v) is 13.1. The molecular formula is C15H21NO6. The molecule has 2 saturated heterocycles. The van der Waals surface area contributed by atoms with E-state index in [1.54, 1.807) is 25.5 Å². The molecule has 2 aliphatic rings. The largest absolute Gasteiger partial charge is 0.467 e. The molecule has 0 aromatic carbocycles. The van der Waals surface area contributed by atoms with Gasteiger partial charge in [0.15, 0.2) is 12.1 Å². The summed E-state index contributed by atoms with van der Waals surface area (Å²) in [5, 5.41) is 2.86. The van der Waals surface area contributed by atoms with Crippen LogP contribution in [0.1, 0.15) is 32.6 Å². The molecule has 0 aliphatic carbocycles. The summed E-state index contributed by atoms with van der Waals surface area (Å²) in [4.78, 5) is 11.6. The zero-order chi connectivity index (χ0) is 15.9. The molecule has 1 aromatic heterocycles. The van der Waals surface area contributed by atoms with Crippen molar-refractivity contribution in [3.63, 3.8) is 0 Å². The van der Waals surface area contributed by atoms with Crippen LogP contribution in [0.4, 0.5) is 0 Å². The third-order valence-corrected chi connectivity index (χ3v) is 3.82. The molecule has 1 aromatic rings. The summed E-state index contributed by atoms with van der Waals surface area (Å²) in [6, 6.07) is 3.08. The lowest BCUT2D eigenvalue weighted by atomic mass is 10.0. The van der Waals surface area contributed by atoms with Crippen molar-refractivity contribution in [1.82, 2.24) is 5.32 Å². The van der Waals surface area contributed by atoms with E-state index in [2.05, 4.69) is 5.32 Å². The molecule has 7 nitrogen and oxygen atoms in total. The fourth-order valence-electron chi connectivity index (χ4n) is 3.05. The standard InChI is InChI=1S/C15H21NO6/c1-8(17)16-10(9-6-5-7-19-9)11-12-13(14(18-4)20-11)22-15(2,3)21-12/h5-7,10-14H,1-4H3,(H,16,17)/t10-,11+,12-,13-,14-/m0/s1. The van der Waals surface area contributed by atoms with Crippen molar-refractivity contribution in [3.8, 4) is 0 Å². The molecule has 0 spiro atoms. The van der Waals surface area contributed by atoms with Crippen LogP contribution in [0.15, 0.2) is 22.8 Å². The highest BCUT2D eigenvalue weighted by atomic mass is 16.8. The third kappa shape index (κ3) is 2.77. The van der Waals surface area contributed by atoms with Gasteiger partial charge >= 0.3 is 0 Å². The molecule has 3 heterocycles. The second kappa shape index (κ2) is 5.66. The quantitative estimate of drug-likeness (QED) is 0.904. The van der Waals surface area contributed by atoms with Crippen LogP contribution in [-0.4, -0.2) is 43.4 Å². The average Bonchev–Trinajstić information content (AvgIpc) is 3.10. The first-order valence-electron chi connectivity index (χ1n) is 7.25. The first kappa shape index (κ1) is 15.5. The first-order valence-corrected chi connectivity index (χ1v) is 7.25. The van der Waals surface area contributed by atoms with Gasteiger partial charge in [-0.25, -0.2) is 0 Å². The van der Waals surface area contributed by atoms with E-state index in [4.69, 9.17) is 23.4 Å². The molecule has 0 bridgehead atoms. The van der Waals surface area contributed by atoms with E-state index < -0.39 is 24.2 Å². The van der Waals surface area contributed by atoms with Crippen LogP contribution < -0.4 is 5.32 Å². The number of fused-ring (bicyclic) bond motifs is 1. The Kier molecular flexibility index (Phi) is 3.98. The highest BCUT2D eigenvalue weighted by molar-refractivity contribution is 5.73. The van der Waals surface area contributed by atoms with Crippen molar-refractivity contribution in [2.24, 2.45) is 0 Å². The van der Waals surface area contributed by atoms with Crippen molar-refractivity contribution in [2.45, 2.75) is 57.2 Å². The Hall–Kier alpha value is -1.41. The number of carbonyl (C=O) groups excluding carboxylic acids is 1. The summed E-state index contributed by atoms with van der Waals surface area (Å²) in [6.45, 7) is 5.14. The lowest BCUT2D eigenvalue weighted by molar-refractivity contribution is -0.230. The lowest BCUT2D eigenvalue weighted by Crippen LogP contribution is -2.42. The summed E-state index contributed by atoms with van der Waals surface area (Å²) in [5.41, 5.74) is 0. The van der Waals surface area contributed by atoms with Crippen LogP contribution in [0, 0.1) is 0 Å². The minimum Gasteiger partial charge on any atom is -0.467 e. The van der Waals surface area contributed by atoms with E-state index in [0.717, 1.165) is 0 Å². The highest BCUT2D eigenvalue weighted by Crippen LogP contribution is 2.42. The van der Waals surface area contributed by atoms with Gasteiger partial charge < -0.3 is 28.7 Å². The maximum Gasteiger partial charge on any atom is 0.217 e. The van der Waals surface area contributed by atoms with E-state index in [9.17, 15) is 4.79 Å². The SMILES string of the molecule is CO[C@H]1O[C@H]([C@@H](NC(C)=O)c2ccco2)[C@@H]2OC(C)(C)O[C@H]12. The Labute approximate surface area is 128 Å². The summed E-state index contributed by atoms with van der Waals surface area (Å²) < 4.78 is 28.5. The Bertz CT molecular complexity index is 528. The Balaban J connectivity index is 1.89. The number of hydrogen-bond donors (Lipinski definition) is 1. The van der Waals surface area contributed by atoms with Crippen LogP contribution in [0.5, 0.6) is 0 Å². The van der Waals surface area contributed by atoms with Crippen molar-refractivity contribution in [3.05, 3.63) is 24.2 Å². The van der Waals surface area contributed by atoms with E-state index >= 15 is 0 Å². The van der Waals surface area contributed by atoms with Gasteiger partial charge in [0.2, 0.25) is 5.91 Å². The minimum absolute atomic E-state index is 0.180. The minimum atomic E-state index is -0.724. The molecule has 1 N–H and O–H groups in total. The predicted molar refractivity (Wildman–Crippen MR) is 74.8 cm³/mol. The highest BCUT2D eigenvalue weighted by Gasteiger charge is 2.58. The van der Waals surface area contributed by atoms with Crippen LogP contribution in [-0.2, 0) is 23.7 Å². The molecule has 22 heavy (non-hydrogen) atoms. The van der Waals surface area contributed by atoms with Gasteiger partial charge in [0, 0.05) is 14.0 Å². The van der Waals surface area contributed by atoms with Crippen molar-refractivity contribution >= 4 is 5.91 Å². The second-order valence-corrected chi connectivity index (χ2v) is 5.96. The summed E-state index contributed by atoms with van der Waals surface area (Å²) in [7, 11) is 1.55. The first-order chi connectivity index (χ1) is 10.4. The Morgan fingerprint density at radius 2 is 2.09 bits per heavy atom. The van der Waals surface area contributed by atoms with Crippen molar-refractivity contribution in [1.29, 1.82) is 0 Å². The molecule has 2 fully saturated rings. The topological polar surface area (TPSA) is 79.2 Å². The van der Waals surface area contributed by atoms with Crippen LogP contribution in [0.25, 0.3) is 0 Å². The molecule has 1 amide bonds. The Morgan fingerprint density at radius 1 is 1.36 bits per heavy atom. The molecule has 3 rings (SSSR count).